The number of pyridine rings is 1. The Balaban J connectivity index is 1.26. The third-order valence-corrected chi connectivity index (χ3v) is 9.87. The van der Waals surface area contributed by atoms with Crippen LogP contribution in [0, 0.1) is 5.82 Å². The summed E-state index contributed by atoms with van der Waals surface area (Å²) in [7, 11) is 0. The molecule has 218 valence electrons. The molecule has 0 radical (unpaired) electrons. The molecule has 2 aromatic carbocycles. The van der Waals surface area contributed by atoms with Crippen LogP contribution >= 0.6 is 11.6 Å². The number of ether oxygens (including phenoxy) is 1. The van der Waals surface area contributed by atoms with E-state index in [1.165, 1.54) is 6.07 Å². The summed E-state index contributed by atoms with van der Waals surface area (Å²) in [6.45, 7) is 2.98. The van der Waals surface area contributed by atoms with Crippen molar-refractivity contribution < 1.29 is 18.6 Å². The number of alkyl halides is 1. The molecule has 4 aliphatic heterocycles. The van der Waals surface area contributed by atoms with Crippen LogP contribution in [0.4, 0.5) is 14.6 Å². The summed E-state index contributed by atoms with van der Waals surface area (Å²) in [5.41, 5.74) is 0.109. The number of piperazine rings is 1. The van der Waals surface area contributed by atoms with Gasteiger partial charge in [-0.25, -0.2) is 8.78 Å². The van der Waals surface area contributed by atoms with E-state index in [1.54, 1.807) is 24.4 Å². The Bertz CT molecular complexity index is 1710. The molecule has 4 saturated heterocycles. The van der Waals surface area contributed by atoms with E-state index in [-0.39, 0.29) is 35.1 Å². The number of hydrogen-bond acceptors (Lipinski definition) is 8. The Morgan fingerprint density at radius 1 is 1.14 bits per heavy atom. The van der Waals surface area contributed by atoms with Crippen molar-refractivity contribution in [1.29, 1.82) is 0 Å². The molecule has 4 atom stereocenters. The number of phenolic OH excluding ortho intramolecular Hbond substituents is 1. The van der Waals surface area contributed by atoms with E-state index in [0.717, 1.165) is 45.3 Å². The highest BCUT2D eigenvalue weighted by molar-refractivity contribution is 6.36. The number of rotatable bonds is 5. The van der Waals surface area contributed by atoms with Crippen LogP contribution in [0.5, 0.6) is 11.8 Å². The quantitative estimate of drug-likeness (QED) is 0.325. The van der Waals surface area contributed by atoms with E-state index in [2.05, 4.69) is 25.1 Å². The van der Waals surface area contributed by atoms with Crippen LogP contribution in [0.15, 0.2) is 36.5 Å². The Hall–Kier alpha value is -3.34. The van der Waals surface area contributed by atoms with Gasteiger partial charge >= 0.3 is 6.01 Å². The lowest BCUT2D eigenvalue weighted by Crippen LogP contribution is -2.51. The SMILES string of the molecule is Oc1cc(-c2ncc3c(N4CC5CCC(C4)N5)nc(OC[C@@]45CCCN4C[C@H](F)C5)nc3c2F)c2c(Cl)cccc2c1. The predicted molar refractivity (Wildman–Crippen MR) is 158 cm³/mol. The highest BCUT2D eigenvalue weighted by Crippen LogP contribution is 2.42. The maximum absolute atomic E-state index is 16.6. The summed E-state index contributed by atoms with van der Waals surface area (Å²) >= 11 is 6.56. The molecule has 2 N–H and O–H groups in total. The van der Waals surface area contributed by atoms with Crippen LogP contribution in [0.2, 0.25) is 5.02 Å². The smallest absolute Gasteiger partial charge is 0.319 e. The van der Waals surface area contributed by atoms with Crippen molar-refractivity contribution in [3.05, 3.63) is 47.4 Å². The average molecular weight is 593 g/mol. The van der Waals surface area contributed by atoms with Crippen molar-refractivity contribution in [2.75, 3.05) is 37.7 Å². The number of nitrogens with one attached hydrogen (secondary N) is 1. The van der Waals surface area contributed by atoms with Gasteiger partial charge in [-0.2, -0.15) is 9.97 Å². The van der Waals surface area contributed by atoms with Crippen molar-refractivity contribution in [1.82, 2.24) is 25.2 Å². The van der Waals surface area contributed by atoms with Gasteiger partial charge in [0.25, 0.3) is 0 Å². The summed E-state index contributed by atoms with van der Waals surface area (Å²) in [5, 5.41) is 16.3. The molecule has 2 bridgehead atoms. The molecule has 42 heavy (non-hydrogen) atoms. The first-order valence-corrected chi connectivity index (χ1v) is 15.1. The van der Waals surface area contributed by atoms with Gasteiger partial charge in [0.05, 0.1) is 10.9 Å². The first-order valence-electron chi connectivity index (χ1n) is 14.7. The summed E-state index contributed by atoms with van der Waals surface area (Å²) in [6, 6.07) is 9.12. The van der Waals surface area contributed by atoms with E-state index >= 15 is 4.39 Å². The topological polar surface area (TPSA) is 86.6 Å². The minimum absolute atomic E-state index is 0.0205. The average Bonchev–Trinajstić information content (AvgIpc) is 3.61. The number of phenols is 1. The highest BCUT2D eigenvalue weighted by atomic mass is 35.5. The number of benzene rings is 2. The van der Waals surface area contributed by atoms with Crippen molar-refractivity contribution >= 4 is 39.1 Å². The molecule has 4 aliphatic rings. The van der Waals surface area contributed by atoms with E-state index in [4.69, 9.17) is 21.3 Å². The standard InChI is InChI=1S/C31H31ClF2N6O2/c32-24-4-1-3-17-9-21(41)10-22(25(17)24)27-26(34)28-23(12-35-27)29(39-14-19-5-6-20(15-39)36-19)38-30(37-28)42-16-31-7-2-8-40(31)13-18(33)11-31/h1,3-4,9-10,12,18-20,36,41H,2,5-8,11,13-16H2/t18-,19?,20?,31+/m1/s1. The third kappa shape index (κ3) is 4.26. The van der Waals surface area contributed by atoms with Crippen LogP contribution in [0.25, 0.3) is 32.9 Å². The van der Waals surface area contributed by atoms with Crippen LogP contribution in [-0.2, 0) is 0 Å². The normalized spacial score (nSPS) is 27.3. The Morgan fingerprint density at radius 2 is 1.98 bits per heavy atom. The maximum Gasteiger partial charge on any atom is 0.319 e. The van der Waals surface area contributed by atoms with E-state index < -0.39 is 12.0 Å². The third-order valence-electron chi connectivity index (χ3n) is 9.56. The molecule has 6 heterocycles. The van der Waals surface area contributed by atoms with Crippen molar-refractivity contribution in [2.24, 2.45) is 0 Å². The Labute approximate surface area is 246 Å². The molecule has 4 aromatic rings. The number of hydrogen-bond donors (Lipinski definition) is 2. The molecule has 4 fully saturated rings. The Morgan fingerprint density at radius 3 is 2.81 bits per heavy atom. The monoisotopic (exact) mass is 592 g/mol. The summed E-state index contributed by atoms with van der Waals surface area (Å²) in [6.07, 6.45) is 5.15. The van der Waals surface area contributed by atoms with E-state index in [9.17, 15) is 9.50 Å². The molecule has 2 unspecified atom stereocenters. The lowest BCUT2D eigenvalue weighted by molar-refractivity contribution is 0.107. The molecular formula is C31H31ClF2N6O2. The summed E-state index contributed by atoms with van der Waals surface area (Å²) < 4.78 is 37.3. The molecule has 2 aromatic heterocycles. The first kappa shape index (κ1) is 26.3. The van der Waals surface area contributed by atoms with Gasteiger partial charge in [-0.05, 0) is 55.8 Å². The number of aromatic nitrogens is 3. The number of anilines is 1. The second-order valence-corrected chi connectivity index (χ2v) is 12.7. The fourth-order valence-corrected chi connectivity index (χ4v) is 7.97. The van der Waals surface area contributed by atoms with Crippen molar-refractivity contribution in [3.63, 3.8) is 0 Å². The van der Waals surface area contributed by atoms with Crippen LogP contribution < -0.4 is 15.0 Å². The minimum Gasteiger partial charge on any atom is -0.508 e. The van der Waals surface area contributed by atoms with Crippen LogP contribution in [-0.4, -0.2) is 81.5 Å². The number of nitrogens with zero attached hydrogens (tertiary/aromatic N) is 5. The second-order valence-electron chi connectivity index (χ2n) is 12.3. The number of halogens is 3. The van der Waals surface area contributed by atoms with E-state index in [1.807, 2.05) is 6.07 Å². The molecule has 8 rings (SSSR count). The number of fused-ring (bicyclic) bond motifs is 5. The van der Waals surface area contributed by atoms with Gasteiger partial charge in [0, 0.05) is 60.3 Å². The van der Waals surface area contributed by atoms with Crippen molar-refractivity contribution in [3.8, 4) is 23.0 Å². The van der Waals surface area contributed by atoms with Gasteiger partial charge in [-0.15, -0.1) is 0 Å². The largest absolute Gasteiger partial charge is 0.508 e. The molecule has 0 amide bonds. The molecule has 0 saturated carbocycles. The molecule has 8 nitrogen and oxygen atoms in total. The molecule has 0 spiro atoms. The zero-order valence-corrected chi connectivity index (χ0v) is 23.7. The van der Waals surface area contributed by atoms with Gasteiger partial charge in [-0.1, -0.05) is 23.7 Å². The predicted octanol–water partition coefficient (Wildman–Crippen LogP) is 5.24. The summed E-state index contributed by atoms with van der Waals surface area (Å²) in [4.78, 5) is 18.3. The van der Waals surface area contributed by atoms with Gasteiger partial charge in [0.1, 0.15) is 35.6 Å². The lowest BCUT2D eigenvalue weighted by Gasteiger charge is -2.34. The highest BCUT2D eigenvalue weighted by Gasteiger charge is 2.49. The second kappa shape index (κ2) is 9.86. The lowest BCUT2D eigenvalue weighted by atomic mass is 9.95. The van der Waals surface area contributed by atoms with Gasteiger partial charge < -0.3 is 20.1 Å². The first-order chi connectivity index (χ1) is 20.4. The minimum atomic E-state index is -0.881. The van der Waals surface area contributed by atoms with Crippen molar-refractivity contribution in [2.45, 2.75) is 55.9 Å². The maximum atomic E-state index is 16.6. The fourth-order valence-electron chi connectivity index (χ4n) is 7.69. The zero-order valence-electron chi connectivity index (χ0n) is 23.0. The zero-order chi connectivity index (χ0) is 28.6. The van der Waals surface area contributed by atoms with Gasteiger partial charge in [0.2, 0.25) is 0 Å². The molecule has 0 aliphatic carbocycles. The van der Waals surface area contributed by atoms with E-state index in [0.29, 0.717) is 57.6 Å². The number of aromatic hydroxyl groups is 1. The van der Waals surface area contributed by atoms with Crippen LogP contribution in [0.3, 0.4) is 0 Å². The fraction of sp³-hybridized carbons (Fsp3) is 0.452. The molecular weight excluding hydrogens is 562 g/mol. The summed E-state index contributed by atoms with van der Waals surface area (Å²) in [5.74, 6) is -0.0788. The molecule has 11 heteroatoms. The Kier molecular flexibility index (Phi) is 6.17. The van der Waals surface area contributed by atoms with Gasteiger partial charge in [-0.3, -0.25) is 9.88 Å². The van der Waals surface area contributed by atoms with Crippen LogP contribution in [0.1, 0.15) is 32.1 Å². The van der Waals surface area contributed by atoms with Gasteiger partial charge in [0.15, 0.2) is 5.82 Å².